The van der Waals surface area contributed by atoms with E-state index in [1.54, 1.807) is 27.9 Å². The second-order valence-electron chi connectivity index (χ2n) is 17.5. The third-order valence-electron chi connectivity index (χ3n) is 11.6. The zero-order valence-electron chi connectivity index (χ0n) is 36.0. The van der Waals surface area contributed by atoms with E-state index in [4.69, 9.17) is 23.9 Å². The van der Waals surface area contributed by atoms with E-state index >= 15 is 0 Å². The second-order valence-corrected chi connectivity index (χ2v) is 17.5. The first-order valence-electron chi connectivity index (χ1n) is 21.3. The first-order chi connectivity index (χ1) is 28.1. The van der Waals surface area contributed by atoms with Crippen LogP contribution in [-0.4, -0.2) is 72.5 Å². The fraction of sp³-hybridized carbons (Fsp3) is 0.574. The molecule has 2 aromatic carbocycles. The summed E-state index contributed by atoms with van der Waals surface area (Å²) in [6, 6.07) is 15.4. The number of pyridine rings is 1. The number of carbonyl (C=O) groups is 5. The summed E-state index contributed by atoms with van der Waals surface area (Å²) in [6.07, 6.45) is 5.32. The van der Waals surface area contributed by atoms with Gasteiger partial charge in [0.15, 0.2) is 0 Å². The van der Waals surface area contributed by atoms with Gasteiger partial charge in [0.25, 0.3) is 0 Å². The van der Waals surface area contributed by atoms with Crippen LogP contribution in [0.3, 0.4) is 0 Å². The minimum Gasteiger partial charge on any atom is -0.497 e. The zero-order chi connectivity index (χ0) is 42.9. The molecule has 3 aromatic rings. The molecule has 0 saturated heterocycles. The second kappa shape index (κ2) is 20.3. The third kappa shape index (κ3) is 11.8. The summed E-state index contributed by atoms with van der Waals surface area (Å²) in [5.41, 5.74) is 1.47. The Morgan fingerprint density at radius 2 is 1.56 bits per heavy atom. The van der Waals surface area contributed by atoms with Crippen LogP contribution in [0, 0.1) is 29.6 Å². The summed E-state index contributed by atoms with van der Waals surface area (Å²) in [5.74, 6) is -3.65. The highest BCUT2D eigenvalue weighted by atomic mass is 16.6. The number of benzene rings is 2. The molecule has 0 spiro atoms. The maximum absolute atomic E-state index is 14.6. The topological polar surface area (TPSA) is 159 Å². The molecule has 0 bridgehead atoms. The molecule has 59 heavy (non-hydrogen) atoms. The van der Waals surface area contributed by atoms with Gasteiger partial charge in [0.05, 0.1) is 31.3 Å². The molecule has 0 aliphatic heterocycles. The number of carbonyl (C=O) groups excluding carboxylic acids is 5. The summed E-state index contributed by atoms with van der Waals surface area (Å²) in [5, 5.41) is 6.64. The number of rotatable bonds is 17. The number of nitrogens with one attached hydrogen (secondary N) is 2. The third-order valence-corrected chi connectivity index (χ3v) is 11.6. The van der Waals surface area contributed by atoms with Gasteiger partial charge >= 0.3 is 11.9 Å². The van der Waals surface area contributed by atoms with Crippen molar-refractivity contribution in [1.82, 2.24) is 15.6 Å². The van der Waals surface area contributed by atoms with Gasteiger partial charge in [-0.05, 0) is 76.8 Å². The number of methoxy groups -OCH3 is 2. The molecule has 0 radical (unpaired) electrons. The van der Waals surface area contributed by atoms with Gasteiger partial charge in [0, 0.05) is 41.3 Å². The molecular weight excluding hydrogens is 751 g/mol. The lowest BCUT2D eigenvalue weighted by Crippen LogP contribution is -2.50. The van der Waals surface area contributed by atoms with Crippen molar-refractivity contribution in [3.05, 3.63) is 54.6 Å². The van der Waals surface area contributed by atoms with Crippen LogP contribution < -0.4 is 20.1 Å². The van der Waals surface area contributed by atoms with Crippen LogP contribution in [0.2, 0.25) is 0 Å². The van der Waals surface area contributed by atoms with Crippen LogP contribution >= 0.6 is 0 Å². The summed E-state index contributed by atoms with van der Waals surface area (Å²) < 4.78 is 23.1. The smallest absolute Gasteiger partial charge is 0.329 e. The van der Waals surface area contributed by atoms with E-state index in [2.05, 4.69) is 10.6 Å². The number of hydrogen-bond donors (Lipinski definition) is 2. The van der Waals surface area contributed by atoms with Crippen molar-refractivity contribution in [3.63, 3.8) is 0 Å². The molecule has 2 aliphatic carbocycles. The van der Waals surface area contributed by atoms with Crippen LogP contribution in [-0.2, 0) is 33.4 Å². The molecule has 320 valence electrons. The molecule has 2 N–H and O–H groups in total. The Morgan fingerprint density at radius 1 is 0.864 bits per heavy atom. The maximum Gasteiger partial charge on any atom is 0.329 e. The molecule has 0 unspecified atom stereocenters. The van der Waals surface area contributed by atoms with Crippen molar-refractivity contribution in [1.29, 1.82) is 0 Å². The van der Waals surface area contributed by atoms with E-state index < -0.39 is 59.4 Å². The zero-order valence-corrected chi connectivity index (χ0v) is 36.0. The van der Waals surface area contributed by atoms with Crippen molar-refractivity contribution >= 4 is 40.4 Å². The quantitative estimate of drug-likeness (QED) is 0.129. The Balaban J connectivity index is 1.45. The van der Waals surface area contributed by atoms with Crippen LogP contribution in [0.25, 0.3) is 22.2 Å². The molecule has 5 rings (SSSR count). The summed E-state index contributed by atoms with van der Waals surface area (Å²) in [4.78, 5) is 74.1. The van der Waals surface area contributed by atoms with Crippen molar-refractivity contribution in [3.8, 4) is 22.8 Å². The maximum atomic E-state index is 14.6. The van der Waals surface area contributed by atoms with Gasteiger partial charge in [0.2, 0.25) is 11.8 Å². The first-order valence-corrected chi connectivity index (χ1v) is 21.3. The molecule has 12 nitrogen and oxygen atoms in total. The van der Waals surface area contributed by atoms with Gasteiger partial charge in [-0.25, -0.2) is 14.6 Å². The van der Waals surface area contributed by atoms with E-state index in [-0.39, 0.29) is 42.8 Å². The standard InChI is InChI=1S/C47H63N3O9/c1-9-16-37(45(54)59-47(4,5)6)49-44(53)36-24-32(58-41-27-38(29-17-12-10-13-18-29)48-39-25-31(56-7)21-22-33(39)41)23-35(36)40(51)26-34(28(2)3)43(52)50-42(46(55)57-8)30-19-14-11-15-20-30/h10,12-13,17-18,21-22,25,27-28,30,32,34-37,42H,9,11,14-16,19-20,23-24,26H2,1-8H3,(H,49,53)(H,50,52)/t32-,34-,35+,36+,37-,42-/m0/s1. The van der Waals surface area contributed by atoms with Gasteiger partial charge in [-0.15, -0.1) is 0 Å². The highest BCUT2D eigenvalue weighted by Gasteiger charge is 2.46. The minimum absolute atomic E-state index is 0.0433. The minimum atomic E-state index is -0.903. The monoisotopic (exact) mass is 813 g/mol. The Labute approximate surface area is 348 Å². The number of fused-ring (bicyclic) bond motifs is 1. The molecule has 2 saturated carbocycles. The number of ketones is 1. The number of ether oxygens (including phenoxy) is 4. The highest BCUT2D eigenvalue weighted by Crippen LogP contribution is 2.40. The predicted molar refractivity (Wildman–Crippen MR) is 226 cm³/mol. The number of amides is 2. The number of hydrogen-bond acceptors (Lipinski definition) is 10. The van der Waals surface area contributed by atoms with E-state index in [1.807, 2.05) is 75.4 Å². The summed E-state index contributed by atoms with van der Waals surface area (Å²) >= 11 is 0. The molecule has 2 fully saturated rings. The van der Waals surface area contributed by atoms with Crippen LogP contribution in [0.5, 0.6) is 11.5 Å². The Bertz CT molecular complexity index is 1940. The van der Waals surface area contributed by atoms with Gasteiger partial charge in [-0.3, -0.25) is 14.4 Å². The van der Waals surface area contributed by atoms with Gasteiger partial charge in [0.1, 0.15) is 41.1 Å². The first kappa shape index (κ1) is 45.1. The van der Waals surface area contributed by atoms with Crippen molar-refractivity contribution < 1.29 is 42.9 Å². The lowest BCUT2D eigenvalue weighted by Gasteiger charge is -2.31. The van der Waals surface area contributed by atoms with Gasteiger partial charge in [-0.2, -0.15) is 0 Å². The van der Waals surface area contributed by atoms with Crippen molar-refractivity contribution in [2.24, 2.45) is 29.6 Å². The van der Waals surface area contributed by atoms with Crippen LogP contribution in [0.4, 0.5) is 0 Å². The molecule has 6 atom stereocenters. The van der Waals surface area contributed by atoms with Gasteiger partial charge in [-0.1, -0.05) is 76.8 Å². The summed E-state index contributed by atoms with van der Waals surface area (Å²) in [6.45, 7) is 11.0. The van der Waals surface area contributed by atoms with E-state index in [0.717, 1.165) is 43.1 Å². The Kier molecular flexibility index (Phi) is 15.5. The lowest BCUT2D eigenvalue weighted by molar-refractivity contribution is -0.159. The lowest BCUT2D eigenvalue weighted by atomic mass is 9.81. The molecule has 12 heteroatoms. The molecular formula is C47H63N3O9. The Morgan fingerprint density at radius 3 is 2.19 bits per heavy atom. The molecule has 2 amide bonds. The van der Waals surface area contributed by atoms with E-state index in [1.165, 1.54) is 7.11 Å². The van der Waals surface area contributed by atoms with E-state index in [0.29, 0.717) is 35.6 Å². The molecule has 1 heterocycles. The average molecular weight is 814 g/mol. The average Bonchev–Trinajstić information content (AvgIpc) is 3.65. The molecule has 1 aromatic heterocycles. The van der Waals surface area contributed by atoms with Crippen LogP contribution in [0.15, 0.2) is 54.6 Å². The van der Waals surface area contributed by atoms with Crippen molar-refractivity contribution in [2.45, 2.75) is 130 Å². The van der Waals surface area contributed by atoms with Gasteiger partial charge < -0.3 is 29.6 Å². The SMILES string of the molecule is CCC[C@H](NC(=O)[C@@H]1C[C@@H](Oc2cc(-c3ccccc3)nc3cc(OC)ccc23)C[C@H]1C(=O)C[C@H](C(=O)N[C@H](C(=O)OC)C1CCCCC1)C(C)C)C(=O)OC(C)(C)C. The fourth-order valence-electron chi connectivity index (χ4n) is 8.48. The fourth-order valence-corrected chi connectivity index (χ4v) is 8.48. The van der Waals surface area contributed by atoms with Crippen molar-refractivity contribution in [2.75, 3.05) is 14.2 Å². The number of Topliss-reactive ketones (excluding diaryl/α,β-unsaturated/α-hetero) is 1. The molecule has 2 aliphatic rings. The summed E-state index contributed by atoms with van der Waals surface area (Å²) in [7, 11) is 2.91. The Hall–Kier alpha value is -5.00. The number of esters is 2. The number of nitrogens with zero attached hydrogens (tertiary/aromatic N) is 1. The van der Waals surface area contributed by atoms with E-state index in [9.17, 15) is 24.0 Å². The number of aromatic nitrogens is 1. The highest BCUT2D eigenvalue weighted by molar-refractivity contribution is 5.95. The normalized spacial score (nSPS) is 20.0. The largest absolute Gasteiger partial charge is 0.497 e. The predicted octanol–water partition coefficient (Wildman–Crippen LogP) is 7.78. The van der Waals surface area contributed by atoms with Crippen LogP contribution in [0.1, 0.15) is 106 Å².